The number of nitrogens with zero attached hydrogens (tertiary/aromatic N) is 5. The van der Waals surface area contributed by atoms with Crippen LogP contribution < -0.4 is 10.6 Å². The van der Waals surface area contributed by atoms with Crippen molar-refractivity contribution in [3.63, 3.8) is 0 Å². The second kappa shape index (κ2) is 18.7. The molecular weight excluding hydrogens is 799 g/mol. The van der Waals surface area contributed by atoms with Gasteiger partial charge >= 0.3 is 0 Å². The van der Waals surface area contributed by atoms with E-state index in [9.17, 15) is 39.6 Å². The Labute approximate surface area is 347 Å². The predicted octanol–water partition coefficient (Wildman–Crippen LogP) is 1.66. The summed E-state index contributed by atoms with van der Waals surface area (Å²) in [5, 5.41) is 52.0. The largest absolute Gasteiger partial charge is 0.380 e. The molecule has 4 aromatic heterocycles. The Kier molecular flexibility index (Phi) is 13.3. The third-order valence-corrected chi connectivity index (χ3v) is 12.7. The summed E-state index contributed by atoms with van der Waals surface area (Å²) in [6, 6.07) is 7.50. The van der Waals surface area contributed by atoms with Gasteiger partial charge in [0, 0.05) is 61.1 Å². The van der Waals surface area contributed by atoms with Crippen LogP contribution in [0.15, 0.2) is 59.8 Å². The van der Waals surface area contributed by atoms with Crippen LogP contribution in [0.2, 0.25) is 0 Å². The number of imidazole rings is 2. The number of amides is 4. The average Bonchev–Trinajstić information content (AvgIpc) is 4.09. The van der Waals surface area contributed by atoms with Gasteiger partial charge in [0.25, 0.3) is 23.6 Å². The highest BCUT2D eigenvalue weighted by atomic mass is 32.1. The van der Waals surface area contributed by atoms with E-state index in [0.29, 0.717) is 61.9 Å². The van der Waals surface area contributed by atoms with Gasteiger partial charge in [-0.15, -0.1) is 22.7 Å². The molecular formula is C40H47N9O8S2. The number of hydrogen-bond acceptors (Lipinski definition) is 13. The standard InChI is InChI=1S/C40H47N9O8S2/c1-22-6-7-23(25-18-27(58-20-25)8-9-45-37(54)31(50)33(52)39(56)48-14-2-4-28(48)35-41-10-11-42-35)16-24(22)17-26-21-59-30(47-26)19-46-38(55)32(51)34(53)40(57)49-15-3-5-29(49)36-43-12-13-44-36/h6-7,10-13,16,18,20-21,28-29,31-34,50-53H,2-5,8-9,14-15,17,19H2,1H3,(H,41,42)(H,43,44)(H,45,54)(H,46,55)/t28?,29?,31-,32-,33-,34-/m1/s1. The zero-order valence-corrected chi connectivity index (χ0v) is 33.9. The topological polar surface area (TPSA) is 250 Å². The van der Waals surface area contributed by atoms with Gasteiger partial charge in [-0.3, -0.25) is 19.2 Å². The Balaban J connectivity index is 0.871. The van der Waals surface area contributed by atoms with E-state index in [1.165, 1.54) is 32.5 Å². The van der Waals surface area contributed by atoms with Gasteiger partial charge in [0.1, 0.15) is 16.7 Å². The Bertz CT molecular complexity index is 2230. The van der Waals surface area contributed by atoms with Gasteiger partial charge < -0.3 is 50.8 Å². The lowest BCUT2D eigenvalue weighted by Gasteiger charge is -2.27. The highest BCUT2D eigenvalue weighted by Gasteiger charge is 2.40. The van der Waals surface area contributed by atoms with Crippen LogP contribution in [0.25, 0.3) is 11.1 Å². The Morgan fingerprint density at radius 2 is 1.41 bits per heavy atom. The number of thiazole rings is 1. The summed E-state index contributed by atoms with van der Waals surface area (Å²) in [7, 11) is 0. The molecule has 0 aliphatic carbocycles. The van der Waals surface area contributed by atoms with Crippen molar-refractivity contribution in [2.24, 2.45) is 0 Å². The highest BCUT2D eigenvalue weighted by Crippen LogP contribution is 2.32. The summed E-state index contributed by atoms with van der Waals surface area (Å²) in [6.07, 6.45) is 2.55. The maximum absolute atomic E-state index is 13.0. The van der Waals surface area contributed by atoms with Crippen LogP contribution in [0.3, 0.4) is 0 Å². The van der Waals surface area contributed by atoms with Crippen molar-refractivity contribution in [1.29, 1.82) is 0 Å². The average molecular weight is 846 g/mol. The van der Waals surface area contributed by atoms with Crippen molar-refractivity contribution < 1.29 is 39.6 Å². The molecule has 19 heteroatoms. The van der Waals surface area contributed by atoms with Gasteiger partial charge in [0.2, 0.25) is 0 Å². The smallest absolute Gasteiger partial charge is 0.255 e. The van der Waals surface area contributed by atoms with E-state index < -0.39 is 48.0 Å². The number of aromatic nitrogens is 5. The number of thiophene rings is 1. The predicted molar refractivity (Wildman–Crippen MR) is 217 cm³/mol. The quantitative estimate of drug-likeness (QED) is 0.0710. The van der Waals surface area contributed by atoms with Gasteiger partial charge in [0.05, 0.1) is 24.3 Å². The van der Waals surface area contributed by atoms with Crippen molar-refractivity contribution in [2.75, 3.05) is 19.6 Å². The summed E-state index contributed by atoms with van der Waals surface area (Å²) in [6.45, 7) is 3.01. The molecule has 2 saturated heterocycles. The maximum Gasteiger partial charge on any atom is 0.255 e. The van der Waals surface area contributed by atoms with E-state index in [4.69, 9.17) is 0 Å². The van der Waals surface area contributed by atoms with Crippen LogP contribution in [0.1, 0.15) is 76.1 Å². The van der Waals surface area contributed by atoms with Crippen LogP contribution in [0, 0.1) is 6.92 Å². The molecule has 59 heavy (non-hydrogen) atoms. The molecule has 0 bridgehead atoms. The fourth-order valence-electron chi connectivity index (χ4n) is 7.54. The molecule has 1 aromatic carbocycles. The van der Waals surface area contributed by atoms with E-state index >= 15 is 0 Å². The fourth-order valence-corrected chi connectivity index (χ4v) is 9.17. The maximum atomic E-state index is 13.0. The van der Waals surface area contributed by atoms with E-state index in [2.05, 4.69) is 41.6 Å². The molecule has 0 radical (unpaired) electrons. The number of nitrogens with one attached hydrogen (secondary N) is 4. The van der Waals surface area contributed by atoms with Gasteiger partial charge in [-0.05, 0) is 72.7 Å². The summed E-state index contributed by atoms with van der Waals surface area (Å²) >= 11 is 2.88. The lowest BCUT2D eigenvalue weighted by atomic mass is 9.98. The molecule has 312 valence electrons. The number of aryl methyl sites for hydroxylation is 1. The first-order chi connectivity index (χ1) is 28.5. The second-order valence-corrected chi connectivity index (χ2v) is 16.7. The zero-order chi connectivity index (χ0) is 41.6. The first kappa shape index (κ1) is 41.8. The number of aliphatic hydroxyl groups excluding tert-OH is 4. The van der Waals surface area contributed by atoms with Crippen LogP contribution in [-0.4, -0.2) is 123 Å². The Morgan fingerprint density at radius 3 is 2.00 bits per heavy atom. The first-order valence-electron chi connectivity index (χ1n) is 19.5. The summed E-state index contributed by atoms with van der Waals surface area (Å²) < 4.78 is 0. The van der Waals surface area contributed by atoms with E-state index in [1.807, 2.05) is 35.9 Å². The second-order valence-electron chi connectivity index (χ2n) is 14.7. The van der Waals surface area contributed by atoms with Crippen LogP contribution in [0.4, 0.5) is 0 Å². The number of H-pyrrole nitrogens is 2. The van der Waals surface area contributed by atoms with E-state index in [0.717, 1.165) is 39.2 Å². The molecule has 2 unspecified atom stereocenters. The molecule has 0 saturated carbocycles. The monoisotopic (exact) mass is 845 g/mol. The van der Waals surface area contributed by atoms with Crippen LogP contribution >= 0.6 is 22.7 Å². The van der Waals surface area contributed by atoms with Gasteiger partial charge in [-0.25, -0.2) is 15.0 Å². The third kappa shape index (κ3) is 9.61. The van der Waals surface area contributed by atoms with Gasteiger partial charge in [-0.1, -0.05) is 18.2 Å². The number of hydrogen-bond donors (Lipinski definition) is 8. The molecule has 5 aromatic rings. The summed E-state index contributed by atoms with van der Waals surface area (Å²) in [4.78, 5) is 74.4. The number of benzene rings is 1. The molecule has 6 atom stereocenters. The zero-order valence-electron chi connectivity index (χ0n) is 32.3. The van der Waals surface area contributed by atoms with Crippen LogP contribution in [0.5, 0.6) is 0 Å². The van der Waals surface area contributed by atoms with E-state index in [1.54, 1.807) is 24.8 Å². The van der Waals surface area contributed by atoms with Crippen molar-refractivity contribution in [1.82, 2.24) is 45.4 Å². The molecule has 0 spiro atoms. The molecule has 6 heterocycles. The molecule has 2 aliphatic heterocycles. The normalized spacial score (nSPS) is 18.7. The molecule has 17 nitrogen and oxygen atoms in total. The minimum atomic E-state index is -1.95. The van der Waals surface area contributed by atoms with Gasteiger partial charge in [-0.2, -0.15) is 0 Å². The van der Waals surface area contributed by atoms with E-state index in [-0.39, 0.29) is 25.2 Å². The number of likely N-dealkylation sites (tertiary alicyclic amines) is 2. The molecule has 2 fully saturated rings. The number of aliphatic hydroxyl groups is 4. The number of carbonyl (C=O) groups excluding carboxylic acids is 4. The van der Waals surface area contributed by atoms with Crippen molar-refractivity contribution in [3.05, 3.63) is 98.2 Å². The molecule has 4 amide bonds. The minimum absolute atomic E-state index is 0.0144. The summed E-state index contributed by atoms with van der Waals surface area (Å²) in [5.74, 6) is -1.96. The van der Waals surface area contributed by atoms with Crippen molar-refractivity contribution in [3.8, 4) is 11.1 Å². The van der Waals surface area contributed by atoms with Crippen LogP contribution in [-0.2, 0) is 38.6 Å². The number of aromatic amines is 2. The lowest BCUT2D eigenvalue weighted by Crippen LogP contribution is -2.50. The number of rotatable bonds is 16. The van der Waals surface area contributed by atoms with Crippen molar-refractivity contribution in [2.45, 2.75) is 88.5 Å². The highest BCUT2D eigenvalue weighted by molar-refractivity contribution is 7.10. The Morgan fingerprint density at radius 1 is 0.797 bits per heavy atom. The Hall–Kier alpha value is -5.31. The third-order valence-electron chi connectivity index (χ3n) is 10.8. The molecule has 2 aliphatic rings. The minimum Gasteiger partial charge on any atom is -0.380 e. The van der Waals surface area contributed by atoms with Crippen molar-refractivity contribution >= 4 is 46.3 Å². The fraction of sp³-hybridized carbons (Fsp3) is 0.425. The summed E-state index contributed by atoms with van der Waals surface area (Å²) in [5.41, 5.74) is 4.92. The SMILES string of the molecule is Cc1ccc(-c2csc(CCNC(=O)[C@H](O)[C@@H](O)C(=O)N3CCCC3c3ncc[nH]3)c2)cc1Cc1csc(CNC(=O)[C@H](O)[C@@H](O)C(=O)N2CCCC2c2ncc[nH]2)n1. The molecule has 8 N–H and O–H groups in total. The first-order valence-corrected chi connectivity index (χ1v) is 21.2. The lowest BCUT2D eigenvalue weighted by molar-refractivity contribution is -0.154. The van der Waals surface area contributed by atoms with Gasteiger partial charge in [0.15, 0.2) is 24.4 Å². The number of carbonyl (C=O) groups is 4. The molecule has 7 rings (SSSR count).